The van der Waals surface area contributed by atoms with Gasteiger partial charge in [-0.1, -0.05) is 19.8 Å². The van der Waals surface area contributed by atoms with Crippen LogP contribution < -0.4 is 5.32 Å². The zero-order valence-electron chi connectivity index (χ0n) is 12.6. The van der Waals surface area contributed by atoms with E-state index in [1.54, 1.807) is 0 Å². The monoisotopic (exact) mass is 265 g/mol. The first-order chi connectivity index (χ1) is 9.36. The molecule has 2 saturated carbocycles. The van der Waals surface area contributed by atoms with Gasteiger partial charge in [-0.15, -0.1) is 0 Å². The van der Waals surface area contributed by atoms with Gasteiger partial charge in [0.15, 0.2) is 0 Å². The first-order valence-corrected chi connectivity index (χ1v) is 8.56. The van der Waals surface area contributed by atoms with Gasteiger partial charge in [0.05, 0.1) is 0 Å². The smallest absolute Gasteiger partial charge is 0.0223 e. The Hall–Kier alpha value is -0.120. The predicted molar refractivity (Wildman–Crippen MR) is 80.5 cm³/mol. The molecule has 1 heterocycles. The third kappa shape index (κ3) is 3.71. The molecule has 0 amide bonds. The third-order valence-corrected chi connectivity index (χ3v) is 5.36. The molecule has 19 heavy (non-hydrogen) atoms. The third-order valence-electron chi connectivity index (χ3n) is 5.36. The average molecular weight is 265 g/mol. The second-order valence-electron chi connectivity index (χ2n) is 6.78. The maximum Gasteiger partial charge on any atom is 0.0223 e. The molecule has 0 spiro atoms. The van der Waals surface area contributed by atoms with E-state index < -0.39 is 0 Å². The van der Waals surface area contributed by atoms with Crippen molar-refractivity contribution in [2.24, 2.45) is 5.92 Å². The van der Waals surface area contributed by atoms with Crippen LogP contribution in [0.5, 0.6) is 0 Å². The summed E-state index contributed by atoms with van der Waals surface area (Å²) in [5, 5.41) is 3.70. The summed E-state index contributed by atoms with van der Waals surface area (Å²) in [4.78, 5) is 5.47. The molecule has 3 nitrogen and oxygen atoms in total. The number of rotatable bonds is 6. The lowest BCUT2D eigenvalue weighted by Crippen LogP contribution is -2.53. The van der Waals surface area contributed by atoms with E-state index in [-0.39, 0.29) is 0 Å². The van der Waals surface area contributed by atoms with Crippen molar-refractivity contribution in [3.8, 4) is 0 Å². The van der Waals surface area contributed by atoms with Crippen LogP contribution in [0, 0.1) is 5.92 Å². The van der Waals surface area contributed by atoms with Gasteiger partial charge < -0.3 is 5.32 Å². The topological polar surface area (TPSA) is 18.5 Å². The molecule has 0 aromatic carbocycles. The Labute approximate surface area is 118 Å². The molecule has 0 aromatic rings. The van der Waals surface area contributed by atoms with Crippen molar-refractivity contribution in [2.45, 2.75) is 57.5 Å². The first kappa shape index (κ1) is 13.8. The summed E-state index contributed by atoms with van der Waals surface area (Å²) < 4.78 is 0. The molecule has 1 N–H and O–H groups in total. The van der Waals surface area contributed by atoms with Crippen LogP contribution >= 0.6 is 0 Å². The van der Waals surface area contributed by atoms with Gasteiger partial charge in [-0.2, -0.15) is 0 Å². The Morgan fingerprint density at radius 2 is 1.68 bits per heavy atom. The Bertz CT molecular complexity index is 263. The maximum atomic E-state index is 3.70. The van der Waals surface area contributed by atoms with Crippen molar-refractivity contribution in [3.63, 3.8) is 0 Å². The van der Waals surface area contributed by atoms with E-state index in [9.17, 15) is 0 Å². The average Bonchev–Trinajstić information content (AvgIpc) is 3.14. The van der Waals surface area contributed by atoms with E-state index in [1.807, 2.05) is 0 Å². The quantitative estimate of drug-likeness (QED) is 0.792. The maximum absolute atomic E-state index is 3.70. The molecule has 1 saturated heterocycles. The van der Waals surface area contributed by atoms with Crippen LogP contribution in [-0.2, 0) is 0 Å². The minimum absolute atomic E-state index is 0.767. The van der Waals surface area contributed by atoms with Gasteiger partial charge in [0.1, 0.15) is 0 Å². The SMILES string of the molecule is CCNC(CN1CCN(C2CCCC2)CC1)C1CC1. The van der Waals surface area contributed by atoms with Gasteiger partial charge in [0, 0.05) is 44.8 Å². The lowest BCUT2D eigenvalue weighted by atomic mass is 10.1. The number of hydrogen-bond acceptors (Lipinski definition) is 3. The van der Waals surface area contributed by atoms with Gasteiger partial charge in [0.25, 0.3) is 0 Å². The van der Waals surface area contributed by atoms with Gasteiger partial charge in [-0.05, 0) is 38.1 Å². The standard InChI is InChI=1S/C16H31N3/c1-2-17-16(14-7-8-14)13-18-9-11-19(12-10-18)15-5-3-4-6-15/h14-17H,2-13H2,1H3. The molecule has 110 valence electrons. The molecule has 2 aliphatic carbocycles. The molecule has 0 aromatic heterocycles. The Balaban J connectivity index is 1.41. The van der Waals surface area contributed by atoms with Crippen LogP contribution in [0.2, 0.25) is 0 Å². The summed E-state index contributed by atoms with van der Waals surface area (Å²) >= 11 is 0. The van der Waals surface area contributed by atoms with Crippen molar-refractivity contribution >= 4 is 0 Å². The molecule has 3 aliphatic rings. The Morgan fingerprint density at radius 1 is 1.00 bits per heavy atom. The van der Waals surface area contributed by atoms with Crippen LogP contribution in [0.1, 0.15) is 45.4 Å². The largest absolute Gasteiger partial charge is 0.313 e. The molecular formula is C16H31N3. The summed E-state index contributed by atoms with van der Waals surface area (Å²) in [5.41, 5.74) is 0. The Kier molecular flexibility index (Phi) is 4.78. The summed E-state index contributed by atoms with van der Waals surface area (Å²) in [6.07, 6.45) is 8.77. The van der Waals surface area contributed by atoms with Gasteiger partial charge in [-0.3, -0.25) is 9.80 Å². The van der Waals surface area contributed by atoms with Crippen LogP contribution in [0.3, 0.4) is 0 Å². The molecule has 3 rings (SSSR count). The van der Waals surface area contributed by atoms with Crippen molar-refractivity contribution in [3.05, 3.63) is 0 Å². The summed E-state index contributed by atoms with van der Waals surface area (Å²) in [6.45, 7) is 9.88. The van der Waals surface area contributed by atoms with E-state index in [0.29, 0.717) is 0 Å². The Morgan fingerprint density at radius 3 is 2.26 bits per heavy atom. The van der Waals surface area contributed by atoms with Crippen molar-refractivity contribution in [1.82, 2.24) is 15.1 Å². The molecule has 3 heteroatoms. The fourth-order valence-electron chi connectivity index (χ4n) is 4.00. The van der Waals surface area contributed by atoms with E-state index in [2.05, 4.69) is 22.0 Å². The summed E-state index contributed by atoms with van der Waals surface area (Å²) in [5.74, 6) is 0.979. The molecule has 0 bridgehead atoms. The van der Waals surface area contributed by atoms with Gasteiger partial charge >= 0.3 is 0 Å². The molecule has 3 fully saturated rings. The molecule has 0 radical (unpaired) electrons. The van der Waals surface area contributed by atoms with Crippen molar-refractivity contribution < 1.29 is 0 Å². The second kappa shape index (κ2) is 6.55. The first-order valence-electron chi connectivity index (χ1n) is 8.56. The number of nitrogens with one attached hydrogen (secondary N) is 1. The second-order valence-corrected chi connectivity index (χ2v) is 6.78. The van der Waals surface area contributed by atoms with E-state index in [1.165, 1.54) is 71.2 Å². The highest BCUT2D eigenvalue weighted by atomic mass is 15.3. The summed E-state index contributed by atoms with van der Waals surface area (Å²) in [6, 6.07) is 1.69. The van der Waals surface area contributed by atoms with Crippen LogP contribution in [0.15, 0.2) is 0 Å². The zero-order valence-corrected chi connectivity index (χ0v) is 12.6. The molecule has 1 unspecified atom stereocenters. The van der Waals surface area contributed by atoms with E-state index in [4.69, 9.17) is 0 Å². The normalized spacial score (nSPS) is 28.9. The zero-order chi connectivity index (χ0) is 13.1. The number of piperazine rings is 1. The van der Waals surface area contributed by atoms with E-state index >= 15 is 0 Å². The molecule has 1 aliphatic heterocycles. The number of likely N-dealkylation sites (N-methyl/N-ethyl adjacent to an activating group) is 1. The van der Waals surface area contributed by atoms with Crippen LogP contribution in [0.4, 0.5) is 0 Å². The number of hydrogen-bond donors (Lipinski definition) is 1. The lowest BCUT2D eigenvalue weighted by Gasteiger charge is -2.39. The highest BCUT2D eigenvalue weighted by molar-refractivity contribution is 4.90. The highest BCUT2D eigenvalue weighted by Crippen LogP contribution is 2.33. The fourth-order valence-corrected chi connectivity index (χ4v) is 4.00. The van der Waals surface area contributed by atoms with Crippen molar-refractivity contribution in [1.29, 1.82) is 0 Å². The van der Waals surface area contributed by atoms with Gasteiger partial charge in [0.2, 0.25) is 0 Å². The summed E-state index contributed by atoms with van der Waals surface area (Å²) in [7, 11) is 0. The van der Waals surface area contributed by atoms with Crippen molar-refractivity contribution in [2.75, 3.05) is 39.3 Å². The minimum atomic E-state index is 0.767. The molecule has 1 atom stereocenters. The minimum Gasteiger partial charge on any atom is -0.313 e. The van der Waals surface area contributed by atoms with Crippen LogP contribution in [-0.4, -0.2) is 61.2 Å². The highest BCUT2D eigenvalue weighted by Gasteiger charge is 2.33. The van der Waals surface area contributed by atoms with E-state index in [0.717, 1.165) is 24.5 Å². The predicted octanol–water partition coefficient (Wildman–Crippen LogP) is 1.93. The number of nitrogens with zero attached hydrogens (tertiary/aromatic N) is 2. The van der Waals surface area contributed by atoms with Crippen LogP contribution in [0.25, 0.3) is 0 Å². The lowest BCUT2D eigenvalue weighted by molar-refractivity contribution is 0.0897. The fraction of sp³-hybridized carbons (Fsp3) is 1.00. The molecular weight excluding hydrogens is 234 g/mol. The van der Waals surface area contributed by atoms with Gasteiger partial charge in [-0.25, -0.2) is 0 Å².